The van der Waals surface area contributed by atoms with Gasteiger partial charge in [-0.3, -0.25) is 9.78 Å². The number of fused-ring (bicyclic) bond motifs is 2. The number of halogens is 1. The molecule has 7 heteroatoms. The van der Waals surface area contributed by atoms with Crippen LogP contribution in [0.1, 0.15) is 16.7 Å². The highest BCUT2D eigenvalue weighted by Crippen LogP contribution is 2.42. The van der Waals surface area contributed by atoms with Gasteiger partial charge in [0.05, 0.1) is 22.3 Å². The van der Waals surface area contributed by atoms with Crippen molar-refractivity contribution in [3.05, 3.63) is 88.6 Å². The van der Waals surface area contributed by atoms with Crippen LogP contribution in [0, 0.1) is 6.92 Å². The van der Waals surface area contributed by atoms with E-state index in [4.69, 9.17) is 21.6 Å². The molecule has 37 heavy (non-hydrogen) atoms. The molecule has 1 aliphatic rings. The highest BCUT2D eigenvalue weighted by atomic mass is 35.5. The monoisotopic (exact) mass is 525 g/mol. The van der Waals surface area contributed by atoms with E-state index in [1.807, 2.05) is 49.5 Å². The minimum Gasteiger partial charge on any atom is -0.481 e. The van der Waals surface area contributed by atoms with Crippen molar-refractivity contribution in [2.24, 2.45) is 0 Å². The quantitative estimate of drug-likeness (QED) is 0.261. The van der Waals surface area contributed by atoms with E-state index in [1.54, 1.807) is 11.3 Å². The molecule has 3 heterocycles. The number of carbonyl (C=O) groups is 1. The van der Waals surface area contributed by atoms with E-state index in [9.17, 15) is 9.90 Å². The van der Waals surface area contributed by atoms with E-state index in [0.717, 1.165) is 67.3 Å². The molecule has 0 amide bonds. The van der Waals surface area contributed by atoms with E-state index in [-0.39, 0.29) is 6.42 Å². The van der Waals surface area contributed by atoms with Crippen LogP contribution in [0.4, 0.5) is 5.69 Å². The van der Waals surface area contributed by atoms with Gasteiger partial charge in [-0.05, 0) is 72.0 Å². The van der Waals surface area contributed by atoms with Gasteiger partial charge in [-0.25, -0.2) is 4.98 Å². The third-order valence-corrected chi connectivity index (χ3v) is 8.40. The topological polar surface area (TPSA) is 66.3 Å². The fraction of sp³-hybridized carbons (Fsp3) is 0.167. The Kier molecular flexibility index (Phi) is 5.94. The number of rotatable bonds is 5. The lowest BCUT2D eigenvalue weighted by molar-refractivity contribution is -0.136. The van der Waals surface area contributed by atoms with Crippen molar-refractivity contribution >= 4 is 44.8 Å². The van der Waals surface area contributed by atoms with Crippen LogP contribution in [0.5, 0.6) is 0 Å². The SMILES string of the molecule is Cc1cc2nc(-c3ccnc(-c4cccc5c4CCN5C)c3)sc2c(-c2ccc(Cl)cc2)c1CC(=O)O. The lowest BCUT2D eigenvalue weighted by atomic mass is 9.93. The number of hydrogen-bond acceptors (Lipinski definition) is 5. The van der Waals surface area contributed by atoms with E-state index in [2.05, 4.69) is 36.2 Å². The molecule has 3 aromatic carbocycles. The Morgan fingerprint density at radius 3 is 2.70 bits per heavy atom. The number of anilines is 1. The average molecular weight is 526 g/mol. The number of carboxylic acid groups (broad SMARTS) is 1. The van der Waals surface area contributed by atoms with Crippen LogP contribution in [0.3, 0.4) is 0 Å². The van der Waals surface area contributed by atoms with Gasteiger partial charge in [-0.2, -0.15) is 0 Å². The van der Waals surface area contributed by atoms with Crippen molar-refractivity contribution < 1.29 is 9.90 Å². The van der Waals surface area contributed by atoms with Gasteiger partial charge >= 0.3 is 5.97 Å². The Bertz CT molecular complexity index is 1680. The van der Waals surface area contributed by atoms with E-state index >= 15 is 0 Å². The largest absolute Gasteiger partial charge is 0.481 e. The summed E-state index contributed by atoms with van der Waals surface area (Å²) in [5, 5.41) is 11.2. The molecule has 1 N–H and O–H groups in total. The Morgan fingerprint density at radius 2 is 1.92 bits per heavy atom. The molecule has 5 nitrogen and oxygen atoms in total. The van der Waals surface area contributed by atoms with Crippen molar-refractivity contribution in [2.75, 3.05) is 18.5 Å². The highest BCUT2D eigenvalue weighted by molar-refractivity contribution is 7.22. The van der Waals surface area contributed by atoms with Gasteiger partial charge in [0.1, 0.15) is 5.01 Å². The van der Waals surface area contributed by atoms with Gasteiger partial charge in [0, 0.05) is 47.2 Å². The molecule has 0 unspecified atom stereocenters. The van der Waals surface area contributed by atoms with Crippen molar-refractivity contribution in [1.29, 1.82) is 0 Å². The lowest BCUT2D eigenvalue weighted by Crippen LogP contribution is -2.12. The zero-order valence-corrected chi connectivity index (χ0v) is 22.0. The molecule has 5 aromatic rings. The molecule has 1 aliphatic heterocycles. The Labute approximate surface area is 224 Å². The standard InChI is InChI=1S/C30H24ClN3O2S/c1-17-14-25-29(28(23(17)16-27(35)36)18-6-8-20(31)9-7-18)37-30(33-25)19-10-12-32-24(15-19)21-4-3-5-26-22(21)11-13-34(26)2/h3-10,12,14-15H,11,13,16H2,1-2H3,(H,35,36). The summed E-state index contributed by atoms with van der Waals surface area (Å²) in [6.07, 6.45) is 2.79. The first-order chi connectivity index (χ1) is 17.9. The summed E-state index contributed by atoms with van der Waals surface area (Å²) in [5.74, 6) is -0.859. The maximum absolute atomic E-state index is 11.8. The van der Waals surface area contributed by atoms with Gasteiger partial charge in [-0.1, -0.05) is 35.9 Å². The molecule has 0 bridgehead atoms. The van der Waals surface area contributed by atoms with E-state index < -0.39 is 5.97 Å². The number of aryl methyl sites for hydroxylation is 1. The number of benzene rings is 3. The lowest BCUT2D eigenvalue weighted by Gasteiger charge is -2.13. The highest BCUT2D eigenvalue weighted by Gasteiger charge is 2.22. The normalized spacial score (nSPS) is 12.8. The summed E-state index contributed by atoms with van der Waals surface area (Å²) in [6.45, 7) is 2.96. The molecule has 0 aliphatic carbocycles. The molecule has 0 fully saturated rings. The summed E-state index contributed by atoms with van der Waals surface area (Å²) in [6, 6.07) is 20.0. The second kappa shape index (κ2) is 9.29. The first-order valence-corrected chi connectivity index (χ1v) is 13.3. The minimum absolute atomic E-state index is 0.0556. The zero-order chi connectivity index (χ0) is 25.7. The predicted octanol–water partition coefficient (Wildman–Crippen LogP) is 7.27. The minimum atomic E-state index is -0.859. The average Bonchev–Trinajstić information content (AvgIpc) is 3.48. The fourth-order valence-electron chi connectivity index (χ4n) is 5.21. The van der Waals surface area contributed by atoms with Gasteiger partial charge in [-0.15, -0.1) is 11.3 Å². The maximum Gasteiger partial charge on any atom is 0.307 e. The van der Waals surface area contributed by atoms with Crippen LogP contribution in [-0.2, 0) is 17.6 Å². The zero-order valence-electron chi connectivity index (χ0n) is 20.5. The fourth-order valence-corrected chi connectivity index (χ4v) is 6.47. The molecular weight excluding hydrogens is 502 g/mol. The number of carboxylic acids is 1. The molecule has 0 spiro atoms. The van der Waals surface area contributed by atoms with Gasteiger partial charge < -0.3 is 10.0 Å². The summed E-state index contributed by atoms with van der Waals surface area (Å²) in [7, 11) is 2.12. The molecule has 2 aromatic heterocycles. The van der Waals surface area contributed by atoms with Gasteiger partial charge in [0.2, 0.25) is 0 Å². The Morgan fingerprint density at radius 1 is 1.11 bits per heavy atom. The number of hydrogen-bond donors (Lipinski definition) is 1. The number of likely N-dealkylation sites (N-methyl/N-ethyl adjacent to an activating group) is 1. The second-order valence-corrected chi connectivity index (χ2v) is 10.8. The Balaban J connectivity index is 1.51. The first-order valence-electron chi connectivity index (χ1n) is 12.1. The summed E-state index contributed by atoms with van der Waals surface area (Å²) in [4.78, 5) is 23.7. The predicted molar refractivity (Wildman–Crippen MR) is 152 cm³/mol. The van der Waals surface area contributed by atoms with Crippen LogP contribution in [-0.4, -0.2) is 34.6 Å². The number of nitrogens with zero attached hydrogens (tertiary/aromatic N) is 3. The van der Waals surface area contributed by atoms with Crippen LogP contribution in [0.15, 0.2) is 66.9 Å². The summed E-state index contributed by atoms with van der Waals surface area (Å²) < 4.78 is 0.972. The third-order valence-electron chi connectivity index (χ3n) is 7.01. The number of aliphatic carboxylic acids is 1. The van der Waals surface area contributed by atoms with Crippen molar-refractivity contribution in [2.45, 2.75) is 19.8 Å². The number of pyridine rings is 1. The maximum atomic E-state index is 11.8. The Hall–Kier alpha value is -3.74. The second-order valence-electron chi connectivity index (χ2n) is 9.40. The molecule has 184 valence electrons. The van der Waals surface area contributed by atoms with Gasteiger partial charge in [0.25, 0.3) is 0 Å². The smallest absolute Gasteiger partial charge is 0.307 e. The summed E-state index contributed by atoms with van der Waals surface area (Å²) in [5.41, 5.74) is 10.1. The van der Waals surface area contributed by atoms with E-state index in [1.165, 1.54) is 11.3 Å². The number of aromatic nitrogens is 2. The molecule has 6 rings (SSSR count). The summed E-state index contributed by atoms with van der Waals surface area (Å²) >= 11 is 7.74. The van der Waals surface area contributed by atoms with E-state index in [0.29, 0.717) is 5.02 Å². The van der Waals surface area contributed by atoms with Crippen molar-refractivity contribution in [1.82, 2.24) is 9.97 Å². The molecular formula is C30H24ClN3O2S. The molecule has 0 saturated heterocycles. The molecule has 0 atom stereocenters. The van der Waals surface area contributed by atoms with Crippen LogP contribution in [0.25, 0.3) is 43.2 Å². The molecule has 0 saturated carbocycles. The van der Waals surface area contributed by atoms with Gasteiger partial charge in [0.15, 0.2) is 0 Å². The van der Waals surface area contributed by atoms with Crippen LogP contribution in [0.2, 0.25) is 5.02 Å². The first kappa shape index (κ1) is 23.6. The van der Waals surface area contributed by atoms with Crippen molar-refractivity contribution in [3.63, 3.8) is 0 Å². The van der Waals surface area contributed by atoms with Crippen molar-refractivity contribution in [3.8, 4) is 33.0 Å². The van der Waals surface area contributed by atoms with Crippen LogP contribution < -0.4 is 4.90 Å². The van der Waals surface area contributed by atoms with Crippen LogP contribution >= 0.6 is 22.9 Å². The number of thiazole rings is 1. The molecule has 0 radical (unpaired) electrons. The third kappa shape index (κ3) is 4.26.